The number of rotatable bonds is 4. The molecule has 1 saturated heterocycles. The second-order valence-electron chi connectivity index (χ2n) is 5.55. The first kappa shape index (κ1) is 14.8. The molecule has 0 saturated carbocycles. The van der Waals surface area contributed by atoms with Crippen molar-refractivity contribution in [1.82, 2.24) is 15.1 Å². The van der Waals surface area contributed by atoms with E-state index in [1.54, 1.807) is 0 Å². The van der Waals surface area contributed by atoms with Gasteiger partial charge in [-0.15, -0.1) is 0 Å². The standard InChI is InChI=1S/C17H21N3O2/c1-2-6-14-11-15(19-18-14)17(21)20-9-10-22-16(12-20)13-7-4-3-5-8-13/h3-5,7-8,11,16H,2,6,9-10,12H2,1H3,(H,18,19)/t16-/m1/s1. The number of benzene rings is 1. The number of aryl methyl sites for hydroxylation is 1. The van der Waals surface area contributed by atoms with Crippen molar-refractivity contribution in [2.75, 3.05) is 19.7 Å². The molecule has 1 N–H and O–H groups in total. The SMILES string of the molecule is CCCc1cc(C(=O)N2CCO[C@@H](c3ccccc3)C2)n[nH]1. The molecule has 2 aromatic rings. The van der Waals surface area contributed by atoms with E-state index in [0.29, 0.717) is 25.4 Å². The zero-order valence-corrected chi connectivity index (χ0v) is 12.8. The van der Waals surface area contributed by atoms with Gasteiger partial charge in [0.2, 0.25) is 0 Å². The molecule has 116 valence electrons. The van der Waals surface area contributed by atoms with E-state index < -0.39 is 0 Å². The molecule has 3 rings (SSSR count). The van der Waals surface area contributed by atoms with Gasteiger partial charge in [0, 0.05) is 12.2 Å². The molecule has 1 atom stereocenters. The quantitative estimate of drug-likeness (QED) is 0.944. The minimum Gasteiger partial charge on any atom is -0.370 e. The number of morpholine rings is 1. The van der Waals surface area contributed by atoms with Gasteiger partial charge in [0.05, 0.1) is 13.2 Å². The summed E-state index contributed by atoms with van der Waals surface area (Å²) in [5.41, 5.74) is 2.62. The van der Waals surface area contributed by atoms with Crippen molar-refractivity contribution in [3.8, 4) is 0 Å². The van der Waals surface area contributed by atoms with Crippen LogP contribution in [0.2, 0.25) is 0 Å². The summed E-state index contributed by atoms with van der Waals surface area (Å²) in [5.74, 6) is -0.0252. The number of carbonyl (C=O) groups is 1. The Labute approximate surface area is 130 Å². The lowest BCUT2D eigenvalue weighted by Crippen LogP contribution is -2.42. The molecule has 0 bridgehead atoms. The molecule has 1 aliphatic heterocycles. The van der Waals surface area contributed by atoms with E-state index >= 15 is 0 Å². The third-order valence-electron chi connectivity index (χ3n) is 3.89. The van der Waals surface area contributed by atoms with Crippen LogP contribution in [0, 0.1) is 0 Å². The van der Waals surface area contributed by atoms with Crippen molar-refractivity contribution in [3.05, 3.63) is 53.3 Å². The number of nitrogens with zero attached hydrogens (tertiary/aromatic N) is 2. The number of hydrogen-bond donors (Lipinski definition) is 1. The van der Waals surface area contributed by atoms with E-state index in [1.165, 1.54) is 0 Å². The zero-order chi connectivity index (χ0) is 15.4. The molecule has 22 heavy (non-hydrogen) atoms. The first-order valence-corrected chi connectivity index (χ1v) is 7.78. The summed E-state index contributed by atoms with van der Waals surface area (Å²) in [6.07, 6.45) is 1.88. The monoisotopic (exact) mass is 299 g/mol. The summed E-state index contributed by atoms with van der Waals surface area (Å²) in [5, 5.41) is 7.09. The van der Waals surface area contributed by atoms with Crippen molar-refractivity contribution in [2.45, 2.75) is 25.9 Å². The van der Waals surface area contributed by atoms with E-state index in [4.69, 9.17) is 4.74 Å². The van der Waals surface area contributed by atoms with Crippen LogP contribution in [0.1, 0.15) is 41.2 Å². The predicted molar refractivity (Wildman–Crippen MR) is 83.6 cm³/mol. The molecular formula is C17H21N3O2. The predicted octanol–water partition coefficient (Wildman–Crippen LogP) is 2.58. The van der Waals surface area contributed by atoms with Crippen LogP contribution >= 0.6 is 0 Å². The third kappa shape index (κ3) is 3.20. The molecule has 2 heterocycles. The Hall–Kier alpha value is -2.14. The van der Waals surface area contributed by atoms with Crippen LogP contribution < -0.4 is 0 Å². The zero-order valence-electron chi connectivity index (χ0n) is 12.8. The van der Waals surface area contributed by atoms with Crippen molar-refractivity contribution in [3.63, 3.8) is 0 Å². The Balaban J connectivity index is 1.69. The fraction of sp³-hybridized carbons (Fsp3) is 0.412. The highest BCUT2D eigenvalue weighted by Crippen LogP contribution is 2.22. The Bertz CT molecular complexity index is 624. The highest BCUT2D eigenvalue weighted by atomic mass is 16.5. The lowest BCUT2D eigenvalue weighted by molar-refractivity contribution is -0.0230. The first-order chi connectivity index (χ1) is 10.8. The molecule has 1 fully saturated rings. The van der Waals surface area contributed by atoms with E-state index in [1.807, 2.05) is 41.3 Å². The second kappa shape index (κ2) is 6.75. The van der Waals surface area contributed by atoms with Gasteiger partial charge in [-0.2, -0.15) is 5.10 Å². The normalized spacial score (nSPS) is 18.4. The Kier molecular flexibility index (Phi) is 4.53. The van der Waals surface area contributed by atoms with Crippen LogP contribution in [-0.4, -0.2) is 40.7 Å². The Morgan fingerprint density at radius 2 is 2.23 bits per heavy atom. The lowest BCUT2D eigenvalue weighted by Gasteiger charge is -2.32. The molecule has 1 aromatic heterocycles. The smallest absolute Gasteiger partial charge is 0.274 e. The van der Waals surface area contributed by atoms with E-state index in [9.17, 15) is 4.79 Å². The van der Waals surface area contributed by atoms with E-state index in [0.717, 1.165) is 24.1 Å². The van der Waals surface area contributed by atoms with Gasteiger partial charge in [0.1, 0.15) is 11.8 Å². The molecule has 1 aromatic carbocycles. The molecule has 0 unspecified atom stereocenters. The maximum atomic E-state index is 12.6. The van der Waals surface area contributed by atoms with Crippen molar-refractivity contribution < 1.29 is 9.53 Å². The topological polar surface area (TPSA) is 58.2 Å². The lowest BCUT2D eigenvalue weighted by atomic mass is 10.1. The second-order valence-corrected chi connectivity index (χ2v) is 5.55. The van der Waals surface area contributed by atoms with Gasteiger partial charge in [-0.25, -0.2) is 0 Å². The largest absolute Gasteiger partial charge is 0.370 e. The fourth-order valence-corrected chi connectivity index (χ4v) is 2.73. The summed E-state index contributed by atoms with van der Waals surface area (Å²) in [6.45, 7) is 3.84. The van der Waals surface area contributed by atoms with E-state index in [2.05, 4.69) is 17.1 Å². The maximum absolute atomic E-state index is 12.6. The van der Waals surface area contributed by atoms with Crippen LogP contribution in [0.4, 0.5) is 0 Å². The van der Waals surface area contributed by atoms with Crippen molar-refractivity contribution in [1.29, 1.82) is 0 Å². The molecule has 0 spiro atoms. The Morgan fingerprint density at radius 1 is 1.41 bits per heavy atom. The number of hydrogen-bond acceptors (Lipinski definition) is 3. The number of ether oxygens (including phenoxy) is 1. The number of aromatic amines is 1. The molecule has 1 amide bonds. The third-order valence-corrected chi connectivity index (χ3v) is 3.89. The number of aromatic nitrogens is 2. The summed E-state index contributed by atoms with van der Waals surface area (Å²) < 4.78 is 5.80. The molecule has 5 nitrogen and oxygen atoms in total. The van der Waals surface area contributed by atoms with Crippen molar-refractivity contribution in [2.24, 2.45) is 0 Å². The van der Waals surface area contributed by atoms with Gasteiger partial charge in [-0.05, 0) is 18.1 Å². The fourth-order valence-electron chi connectivity index (χ4n) is 2.73. The van der Waals surface area contributed by atoms with Crippen LogP contribution in [0.15, 0.2) is 36.4 Å². The van der Waals surface area contributed by atoms with Crippen LogP contribution in [0.3, 0.4) is 0 Å². The molecule has 5 heteroatoms. The average molecular weight is 299 g/mol. The minimum atomic E-state index is -0.0621. The summed E-state index contributed by atoms with van der Waals surface area (Å²) >= 11 is 0. The summed E-state index contributed by atoms with van der Waals surface area (Å²) in [7, 11) is 0. The highest BCUT2D eigenvalue weighted by Gasteiger charge is 2.27. The molecule has 0 radical (unpaired) electrons. The highest BCUT2D eigenvalue weighted by molar-refractivity contribution is 5.92. The van der Waals surface area contributed by atoms with Gasteiger partial charge in [-0.1, -0.05) is 43.7 Å². The van der Waals surface area contributed by atoms with Crippen molar-refractivity contribution >= 4 is 5.91 Å². The van der Waals surface area contributed by atoms with Gasteiger partial charge in [-0.3, -0.25) is 9.89 Å². The number of carbonyl (C=O) groups excluding carboxylic acids is 1. The summed E-state index contributed by atoms with van der Waals surface area (Å²) in [6, 6.07) is 11.9. The first-order valence-electron chi connectivity index (χ1n) is 7.78. The number of nitrogens with one attached hydrogen (secondary N) is 1. The summed E-state index contributed by atoms with van der Waals surface area (Å²) in [4.78, 5) is 14.4. The molecule has 0 aliphatic carbocycles. The van der Waals surface area contributed by atoms with Crippen LogP contribution in [-0.2, 0) is 11.2 Å². The Morgan fingerprint density at radius 3 is 3.00 bits per heavy atom. The minimum absolute atomic E-state index is 0.0252. The van der Waals surface area contributed by atoms with Crippen LogP contribution in [0.5, 0.6) is 0 Å². The van der Waals surface area contributed by atoms with Gasteiger partial charge >= 0.3 is 0 Å². The molecule has 1 aliphatic rings. The van der Waals surface area contributed by atoms with Crippen LogP contribution in [0.25, 0.3) is 0 Å². The van der Waals surface area contributed by atoms with Gasteiger partial charge in [0.15, 0.2) is 0 Å². The molecular weight excluding hydrogens is 278 g/mol. The van der Waals surface area contributed by atoms with E-state index in [-0.39, 0.29) is 12.0 Å². The number of H-pyrrole nitrogens is 1. The van der Waals surface area contributed by atoms with Gasteiger partial charge < -0.3 is 9.64 Å². The maximum Gasteiger partial charge on any atom is 0.274 e. The van der Waals surface area contributed by atoms with Gasteiger partial charge in [0.25, 0.3) is 5.91 Å². The average Bonchev–Trinajstić information content (AvgIpc) is 3.04. The number of amides is 1.